The molecule has 1 heterocycles. The van der Waals surface area contributed by atoms with E-state index in [-0.39, 0.29) is 0 Å². The standard InChI is InChI=1S/C7H5BrOS/c8-4-6(5-9)7-2-1-3-10-7/h1-3H,4H2. The maximum absolute atomic E-state index is 10.2. The van der Waals surface area contributed by atoms with Gasteiger partial charge in [-0.2, -0.15) is 0 Å². The number of hydrogen-bond acceptors (Lipinski definition) is 2. The zero-order valence-corrected chi connectivity index (χ0v) is 7.54. The Morgan fingerprint density at radius 3 is 3.00 bits per heavy atom. The van der Waals surface area contributed by atoms with Gasteiger partial charge >= 0.3 is 0 Å². The third-order valence-corrected chi connectivity index (χ3v) is 2.57. The van der Waals surface area contributed by atoms with Crippen LogP contribution in [0.15, 0.2) is 17.5 Å². The summed E-state index contributed by atoms with van der Waals surface area (Å²) >= 11 is 4.76. The molecule has 52 valence electrons. The van der Waals surface area contributed by atoms with Crippen LogP contribution in [0.25, 0.3) is 5.57 Å². The molecule has 1 nitrogen and oxygen atoms in total. The lowest BCUT2D eigenvalue weighted by Crippen LogP contribution is -1.79. The Labute approximate surface area is 71.5 Å². The van der Waals surface area contributed by atoms with Gasteiger partial charge in [0.2, 0.25) is 0 Å². The molecule has 0 aliphatic rings. The van der Waals surface area contributed by atoms with Crippen molar-refractivity contribution < 1.29 is 4.79 Å². The largest absolute Gasteiger partial charge is 0.233 e. The minimum Gasteiger partial charge on any atom is -0.233 e. The van der Waals surface area contributed by atoms with E-state index in [0.717, 1.165) is 4.88 Å². The van der Waals surface area contributed by atoms with Crippen molar-refractivity contribution in [2.45, 2.75) is 0 Å². The minimum atomic E-state index is 0.580. The van der Waals surface area contributed by atoms with Gasteiger partial charge in [0.25, 0.3) is 0 Å². The second kappa shape index (κ2) is 3.71. The van der Waals surface area contributed by atoms with Crippen LogP contribution in [-0.4, -0.2) is 11.3 Å². The van der Waals surface area contributed by atoms with Gasteiger partial charge < -0.3 is 0 Å². The molecule has 0 saturated heterocycles. The van der Waals surface area contributed by atoms with Crippen LogP contribution >= 0.6 is 27.3 Å². The van der Waals surface area contributed by atoms with Gasteiger partial charge in [-0.05, 0) is 11.4 Å². The molecule has 0 aliphatic heterocycles. The fourth-order valence-electron chi connectivity index (χ4n) is 0.594. The molecule has 3 heteroatoms. The molecule has 0 spiro atoms. The van der Waals surface area contributed by atoms with Crippen LogP contribution in [0.4, 0.5) is 0 Å². The number of thiophene rings is 1. The fourth-order valence-corrected chi connectivity index (χ4v) is 1.91. The molecular formula is C7H5BrOS. The van der Waals surface area contributed by atoms with Crippen molar-refractivity contribution in [2.24, 2.45) is 0 Å². The fraction of sp³-hybridized carbons (Fsp3) is 0.143. The number of hydrogen-bond donors (Lipinski definition) is 0. The van der Waals surface area contributed by atoms with E-state index in [1.807, 2.05) is 23.5 Å². The lowest BCUT2D eigenvalue weighted by Gasteiger charge is -1.89. The third kappa shape index (κ3) is 1.57. The third-order valence-electron chi connectivity index (χ3n) is 1.08. The zero-order chi connectivity index (χ0) is 7.40. The number of rotatable bonds is 2. The topological polar surface area (TPSA) is 17.1 Å². The first-order valence-electron chi connectivity index (χ1n) is 2.72. The average Bonchev–Trinajstić information content (AvgIpc) is 2.43. The summed E-state index contributed by atoms with van der Waals surface area (Å²) in [6.45, 7) is 0. The van der Waals surface area contributed by atoms with Gasteiger partial charge in [-0.25, -0.2) is 4.79 Å². The Hall–Kier alpha value is -0.370. The molecule has 0 unspecified atom stereocenters. The average molecular weight is 217 g/mol. The SMILES string of the molecule is O=C=C(CBr)c1cccs1. The molecule has 0 saturated carbocycles. The van der Waals surface area contributed by atoms with Crippen molar-refractivity contribution in [2.75, 3.05) is 5.33 Å². The van der Waals surface area contributed by atoms with Crippen LogP contribution in [0, 0.1) is 0 Å². The monoisotopic (exact) mass is 216 g/mol. The van der Waals surface area contributed by atoms with E-state index < -0.39 is 0 Å². The summed E-state index contributed by atoms with van der Waals surface area (Å²) in [6, 6.07) is 3.83. The van der Waals surface area contributed by atoms with Gasteiger partial charge in [0.05, 0.1) is 5.57 Å². The number of carbonyl (C=O) groups excluding carboxylic acids is 1. The first-order valence-corrected chi connectivity index (χ1v) is 4.72. The lowest BCUT2D eigenvalue weighted by molar-refractivity contribution is 0.569. The van der Waals surface area contributed by atoms with E-state index >= 15 is 0 Å². The highest BCUT2D eigenvalue weighted by Crippen LogP contribution is 2.18. The first-order chi connectivity index (χ1) is 4.88. The van der Waals surface area contributed by atoms with E-state index in [4.69, 9.17) is 0 Å². The van der Waals surface area contributed by atoms with E-state index in [1.54, 1.807) is 11.3 Å². The molecule has 0 N–H and O–H groups in total. The number of halogens is 1. The Balaban J connectivity index is 2.96. The summed E-state index contributed by atoms with van der Waals surface area (Å²) in [5, 5.41) is 2.52. The van der Waals surface area contributed by atoms with Crippen LogP contribution in [0.1, 0.15) is 4.88 Å². The molecule has 10 heavy (non-hydrogen) atoms. The second-order valence-corrected chi connectivity index (χ2v) is 3.20. The number of allylic oxidation sites excluding steroid dienone is 1. The molecule has 0 amide bonds. The van der Waals surface area contributed by atoms with Gasteiger partial charge in [-0.15, -0.1) is 11.3 Å². The van der Waals surface area contributed by atoms with Crippen LogP contribution < -0.4 is 0 Å². The summed E-state index contributed by atoms with van der Waals surface area (Å²) in [6.07, 6.45) is 0. The molecule has 0 aliphatic carbocycles. The molecule has 1 rings (SSSR count). The van der Waals surface area contributed by atoms with Gasteiger partial charge in [-0.3, -0.25) is 0 Å². The van der Waals surface area contributed by atoms with E-state index in [1.165, 1.54) is 0 Å². The Morgan fingerprint density at radius 1 is 1.80 bits per heavy atom. The predicted molar refractivity (Wildman–Crippen MR) is 47.2 cm³/mol. The van der Waals surface area contributed by atoms with E-state index in [2.05, 4.69) is 15.9 Å². The summed E-state index contributed by atoms with van der Waals surface area (Å²) in [7, 11) is 0. The van der Waals surface area contributed by atoms with Gasteiger partial charge in [0.1, 0.15) is 5.94 Å². The van der Waals surface area contributed by atoms with Crippen molar-refractivity contribution in [3.8, 4) is 0 Å². The smallest absolute Gasteiger partial charge is 0.130 e. The Morgan fingerprint density at radius 2 is 2.60 bits per heavy atom. The van der Waals surface area contributed by atoms with Crippen molar-refractivity contribution in [3.05, 3.63) is 22.4 Å². The van der Waals surface area contributed by atoms with Gasteiger partial charge in [0.15, 0.2) is 0 Å². The minimum absolute atomic E-state index is 0.580. The van der Waals surface area contributed by atoms with Crippen LogP contribution in [-0.2, 0) is 4.79 Å². The molecule has 0 aromatic carbocycles. The van der Waals surface area contributed by atoms with Crippen LogP contribution in [0.2, 0.25) is 0 Å². The quantitative estimate of drug-likeness (QED) is 0.549. The van der Waals surface area contributed by atoms with E-state index in [9.17, 15) is 4.79 Å². The Bertz CT molecular complexity index is 247. The molecule has 1 aromatic heterocycles. The molecule has 0 bridgehead atoms. The zero-order valence-electron chi connectivity index (χ0n) is 5.13. The molecule has 0 radical (unpaired) electrons. The highest BCUT2D eigenvalue weighted by Gasteiger charge is 1.99. The second-order valence-electron chi connectivity index (χ2n) is 1.69. The predicted octanol–water partition coefficient (Wildman–Crippen LogP) is 2.36. The first kappa shape index (κ1) is 7.73. The molecule has 1 aromatic rings. The highest BCUT2D eigenvalue weighted by atomic mass is 79.9. The van der Waals surface area contributed by atoms with Crippen molar-refractivity contribution in [3.63, 3.8) is 0 Å². The Kier molecular flexibility index (Phi) is 2.87. The maximum atomic E-state index is 10.2. The van der Waals surface area contributed by atoms with Crippen LogP contribution in [0.3, 0.4) is 0 Å². The van der Waals surface area contributed by atoms with Crippen molar-refractivity contribution in [1.29, 1.82) is 0 Å². The summed E-state index contributed by atoms with van der Waals surface area (Å²) in [5.74, 6) is 1.88. The molecule has 0 atom stereocenters. The number of alkyl halides is 1. The lowest BCUT2D eigenvalue weighted by atomic mass is 10.3. The highest BCUT2D eigenvalue weighted by molar-refractivity contribution is 9.09. The van der Waals surface area contributed by atoms with Crippen molar-refractivity contribution in [1.82, 2.24) is 0 Å². The summed E-state index contributed by atoms with van der Waals surface area (Å²) < 4.78 is 0. The van der Waals surface area contributed by atoms with Crippen LogP contribution in [0.5, 0.6) is 0 Å². The van der Waals surface area contributed by atoms with Gasteiger partial charge in [0, 0.05) is 10.2 Å². The molecular weight excluding hydrogens is 212 g/mol. The summed E-state index contributed by atoms with van der Waals surface area (Å²) in [5.41, 5.74) is 0.690. The maximum Gasteiger partial charge on any atom is 0.130 e. The normalized spacial score (nSPS) is 8.90. The summed E-state index contributed by atoms with van der Waals surface area (Å²) in [4.78, 5) is 11.2. The molecule has 0 fully saturated rings. The van der Waals surface area contributed by atoms with E-state index in [0.29, 0.717) is 10.9 Å². The van der Waals surface area contributed by atoms with Gasteiger partial charge in [-0.1, -0.05) is 22.0 Å². The van der Waals surface area contributed by atoms with Crippen molar-refractivity contribution >= 4 is 38.8 Å².